The maximum absolute atomic E-state index is 14.1. The summed E-state index contributed by atoms with van der Waals surface area (Å²) in [5, 5.41) is 4.41. The van der Waals surface area contributed by atoms with Crippen molar-refractivity contribution >= 4 is 33.4 Å². The Kier molecular flexibility index (Phi) is 8.82. The van der Waals surface area contributed by atoms with Gasteiger partial charge >= 0.3 is 0 Å². The number of ketones is 1. The van der Waals surface area contributed by atoms with Crippen molar-refractivity contribution in [2.24, 2.45) is 0 Å². The summed E-state index contributed by atoms with van der Waals surface area (Å²) < 4.78 is 54.7. The molecule has 3 aromatic carbocycles. The molecule has 0 spiro atoms. The molecule has 6 rings (SSSR count). The lowest BCUT2D eigenvalue weighted by molar-refractivity contribution is 0.0848. The molecule has 10 nitrogen and oxygen atoms in total. The van der Waals surface area contributed by atoms with Crippen molar-refractivity contribution in [3.8, 4) is 22.9 Å². The molecule has 3 N–H and O–H groups in total. The Labute approximate surface area is 274 Å². The summed E-state index contributed by atoms with van der Waals surface area (Å²) in [4.78, 5) is 16.1. The lowest BCUT2D eigenvalue weighted by Crippen LogP contribution is -2.41. The van der Waals surface area contributed by atoms with E-state index >= 15 is 0 Å². The number of benzene rings is 3. The number of fused-ring (bicyclic) bond motifs is 1. The first-order valence-corrected chi connectivity index (χ1v) is 17.4. The molecule has 0 atom stereocenters. The van der Waals surface area contributed by atoms with Crippen molar-refractivity contribution in [1.29, 1.82) is 0 Å². The molecule has 1 aromatic heterocycles. The number of aryl methyl sites for hydroxylation is 1. The van der Waals surface area contributed by atoms with Crippen LogP contribution in [0.3, 0.4) is 0 Å². The van der Waals surface area contributed by atoms with E-state index in [4.69, 9.17) is 15.2 Å². The maximum Gasteiger partial charge on any atom is 0.229 e. The lowest BCUT2D eigenvalue weighted by atomic mass is 10.0. The maximum atomic E-state index is 14.1. The van der Waals surface area contributed by atoms with Gasteiger partial charge in [-0.25, -0.2) is 17.5 Å². The van der Waals surface area contributed by atoms with Crippen molar-refractivity contribution in [3.63, 3.8) is 0 Å². The number of hydrogen-bond donors (Lipinski definition) is 2. The van der Waals surface area contributed by atoms with E-state index in [2.05, 4.69) is 28.6 Å². The van der Waals surface area contributed by atoms with Crippen molar-refractivity contribution in [2.45, 2.75) is 52.2 Å². The Morgan fingerprint density at radius 2 is 1.83 bits per heavy atom. The van der Waals surface area contributed by atoms with Gasteiger partial charge in [0, 0.05) is 31.1 Å². The van der Waals surface area contributed by atoms with Gasteiger partial charge in [-0.1, -0.05) is 12.1 Å². The van der Waals surface area contributed by atoms with Crippen molar-refractivity contribution < 1.29 is 27.1 Å². The van der Waals surface area contributed by atoms with Crippen molar-refractivity contribution in [2.75, 3.05) is 29.8 Å². The van der Waals surface area contributed by atoms with Gasteiger partial charge in [0.15, 0.2) is 17.3 Å². The number of rotatable bonds is 10. The van der Waals surface area contributed by atoms with E-state index in [1.165, 1.54) is 16.9 Å². The molecule has 47 heavy (non-hydrogen) atoms. The Morgan fingerprint density at radius 3 is 2.51 bits per heavy atom. The first kappa shape index (κ1) is 32.3. The van der Waals surface area contributed by atoms with Gasteiger partial charge in [-0.05, 0) is 98.8 Å². The summed E-state index contributed by atoms with van der Waals surface area (Å²) in [5.41, 5.74) is 10.6. The van der Waals surface area contributed by atoms with Crippen LogP contribution in [0, 0.1) is 12.7 Å². The highest BCUT2D eigenvalue weighted by molar-refractivity contribution is 7.92. The van der Waals surface area contributed by atoms with E-state index in [9.17, 15) is 17.6 Å². The average molecular weight is 660 g/mol. The number of hydrogen-bond acceptors (Lipinski definition) is 8. The van der Waals surface area contributed by atoms with Gasteiger partial charge in [0.1, 0.15) is 23.4 Å². The molecule has 2 aliphatic rings. The highest BCUT2D eigenvalue weighted by Crippen LogP contribution is 2.38. The predicted molar refractivity (Wildman–Crippen MR) is 180 cm³/mol. The molecular weight excluding hydrogens is 621 g/mol. The summed E-state index contributed by atoms with van der Waals surface area (Å²) in [7, 11) is -3.58. The Bertz CT molecular complexity index is 1980. The summed E-state index contributed by atoms with van der Waals surface area (Å²) in [5.74, 6) is 0.429. The Morgan fingerprint density at radius 1 is 1.09 bits per heavy atom. The number of carbonyl (C=O) groups is 1. The predicted octanol–water partition coefficient (Wildman–Crippen LogP) is 6.14. The monoisotopic (exact) mass is 659 g/mol. The van der Waals surface area contributed by atoms with Gasteiger partial charge in [-0.3, -0.25) is 9.52 Å². The van der Waals surface area contributed by atoms with Crippen LogP contribution < -0.4 is 19.9 Å². The van der Waals surface area contributed by atoms with Crippen molar-refractivity contribution in [1.82, 2.24) is 14.7 Å². The summed E-state index contributed by atoms with van der Waals surface area (Å²) in [6.45, 7) is 7.99. The van der Waals surface area contributed by atoms with Gasteiger partial charge in [-0.2, -0.15) is 5.10 Å². The number of nitrogens with two attached hydrogens (primary N) is 1. The Hall–Kier alpha value is -4.68. The van der Waals surface area contributed by atoms with Gasteiger partial charge in [-0.15, -0.1) is 0 Å². The smallest absolute Gasteiger partial charge is 0.229 e. The van der Waals surface area contributed by atoms with E-state index in [0.717, 1.165) is 48.9 Å². The van der Waals surface area contributed by atoms with Crippen LogP contribution in [0.2, 0.25) is 0 Å². The minimum atomic E-state index is -3.58. The third-order valence-electron chi connectivity index (χ3n) is 8.55. The third-order valence-corrected chi connectivity index (χ3v) is 9.14. The number of nitrogens with one attached hydrogen (secondary N) is 1. The van der Waals surface area contributed by atoms with E-state index in [0.29, 0.717) is 40.9 Å². The summed E-state index contributed by atoms with van der Waals surface area (Å²) >= 11 is 0. The number of likely N-dealkylation sites (tertiary alicyclic amines) is 1. The Balaban J connectivity index is 1.22. The van der Waals surface area contributed by atoms with Crippen LogP contribution in [0.1, 0.15) is 53.7 Å². The fourth-order valence-electron chi connectivity index (χ4n) is 6.07. The van der Waals surface area contributed by atoms with Gasteiger partial charge in [0.05, 0.1) is 29.4 Å². The SMILES string of the molecule is Cc1cc(Oc2ccccc2F)ccc1-n1ncc(C(=O)C2=Cc3cc(OC4CCN(C(C)C)CC4)c(NS(C)(=O)=O)cc3C2)c1N. The van der Waals surface area contributed by atoms with Crippen LogP contribution in [0.15, 0.2) is 66.4 Å². The number of anilines is 2. The second-order valence-electron chi connectivity index (χ2n) is 12.4. The second kappa shape index (κ2) is 12.8. The minimum Gasteiger partial charge on any atom is -0.488 e. The standard InChI is InChI=1S/C35H38FN5O5S/c1-21(2)40-13-11-26(12-14-40)45-33-19-24-17-25(16-23(24)18-30(33)39-47(4,43)44)34(42)28-20-38-41(35(28)37)31-10-9-27(15-22(31)3)46-32-8-6-5-7-29(32)36/h5-10,15,17-21,26,39H,11-14,16,37H2,1-4H3. The molecule has 4 aromatic rings. The summed E-state index contributed by atoms with van der Waals surface area (Å²) in [6, 6.07) is 15.3. The number of nitrogen functional groups attached to an aromatic ring is 1. The molecule has 246 valence electrons. The number of halogens is 1. The van der Waals surface area contributed by atoms with Crippen LogP contribution >= 0.6 is 0 Å². The number of sulfonamides is 1. The number of carbonyl (C=O) groups excluding carboxylic acids is 1. The molecule has 2 heterocycles. The second-order valence-corrected chi connectivity index (χ2v) is 14.1. The number of allylic oxidation sites excluding steroid dienone is 1. The normalized spacial score (nSPS) is 15.4. The number of aromatic nitrogens is 2. The van der Waals surface area contributed by atoms with Gasteiger partial charge in [0.2, 0.25) is 10.0 Å². The molecule has 1 saturated heterocycles. The molecule has 0 radical (unpaired) electrons. The zero-order valence-corrected chi connectivity index (χ0v) is 27.6. The molecule has 1 fully saturated rings. The van der Waals surface area contributed by atoms with E-state index in [1.807, 2.05) is 6.92 Å². The van der Waals surface area contributed by atoms with Gasteiger partial charge < -0.3 is 20.1 Å². The van der Waals surface area contributed by atoms with E-state index < -0.39 is 15.8 Å². The largest absolute Gasteiger partial charge is 0.488 e. The molecule has 1 aliphatic carbocycles. The van der Waals surface area contributed by atoms with E-state index in [-0.39, 0.29) is 29.0 Å². The molecule has 1 aliphatic heterocycles. The molecule has 0 bridgehead atoms. The minimum absolute atomic E-state index is 0.0520. The highest BCUT2D eigenvalue weighted by atomic mass is 32.2. The third kappa shape index (κ3) is 7.03. The fourth-order valence-corrected chi connectivity index (χ4v) is 6.62. The molecule has 0 unspecified atom stereocenters. The lowest BCUT2D eigenvalue weighted by Gasteiger charge is -2.35. The van der Waals surface area contributed by atoms with E-state index in [1.54, 1.807) is 54.6 Å². The van der Waals surface area contributed by atoms with Crippen LogP contribution in [0.25, 0.3) is 11.8 Å². The molecular formula is C35H38FN5O5S. The van der Waals surface area contributed by atoms with Crippen molar-refractivity contribution in [3.05, 3.63) is 94.4 Å². The zero-order chi connectivity index (χ0) is 33.5. The number of piperidine rings is 1. The number of nitrogens with zero attached hydrogens (tertiary/aromatic N) is 3. The first-order valence-electron chi connectivity index (χ1n) is 15.5. The average Bonchev–Trinajstić information content (AvgIpc) is 3.60. The van der Waals surface area contributed by atoms with Crippen LogP contribution in [0.4, 0.5) is 15.9 Å². The first-order chi connectivity index (χ1) is 22.4. The molecule has 0 amide bonds. The van der Waals surface area contributed by atoms with Crippen LogP contribution in [-0.2, 0) is 16.4 Å². The number of Topliss-reactive ketones (excluding diaryl/α,β-unsaturated/α-hetero) is 1. The number of para-hydroxylation sites is 1. The quantitative estimate of drug-likeness (QED) is 0.194. The fraction of sp³-hybridized carbons (Fsp3) is 0.314. The number of ether oxygens (including phenoxy) is 2. The van der Waals surface area contributed by atoms with Crippen LogP contribution in [-0.4, -0.2) is 60.4 Å². The topological polar surface area (TPSA) is 129 Å². The molecule has 0 saturated carbocycles. The van der Waals surface area contributed by atoms with Gasteiger partial charge in [0.25, 0.3) is 0 Å². The van der Waals surface area contributed by atoms with Crippen LogP contribution in [0.5, 0.6) is 17.2 Å². The highest BCUT2D eigenvalue weighted by Gasteiger charge is 2.28. The summed E-state index contributed by atoms with van der Waals surface area (Å²) in [6.07, 6.45) is 6.25. The zero-order valence-electron chi connectivity index (χ0n) is 26.8. The molecule has 12 heteroatoms.